The Kier molecular flexibility index (Phi) is 3.96. The quantitative estimate of drug-likeness (QED) is 0.860. The van der Waals surface area contributed by atoms with Crippen molar-refractivity contribution in [1.82, 2.24) is 0 Å². The minimum atomic E-state index is -3.50. The van der Waals surface area contributed by atoms with E-state index in [1.807, 2.05) is 12.1 Å². The molecule has 2 aromatic rings. The van der Waals surface area contributed by atoms with E-state index in [0.717, 1.165) is 12.8 Å². The van der Waals surface area contributed by atoms with E-state index in [4.69, 9.17) is 4.74 Å². The summed E-state index contributed by atoms with van der Waals surface area (Å²) < 4.78 is 30.8. The topological polar surface area (TPSA) is 43.4 Å². The fourth-order valence-electron chi connectivity index (χ4n) is 3.11. The minimum Gasteiger partial charge on any atom is -0.497 e. The van der Waals surface area contributed by atoms with Crippen LogP contribution in [0.1, 0.15) is 36.8 Å². The summed E-state index contributed by atoms with van der Waals surface area (Å²) in [6, 6.07) is 12.2. The summed E-state index contributed by atoms with van der Waals surface area (Å²) in [4.78, 5) is 0.643. The van der Waals surface area contributed by atoms with E-state index in [0.29, 0.717) is 16.6 Å². The molecule has 22 heavy (non-hydrogen) atoms. The highest BCUT2D eigenvalue weighted by Gasteiger charge is 2.22. The second-order valence-electron chi connectivity index (χ2n) is 5.84. The van der Waals surface area contributed by atoms with Crippen LogP contribution in [0.5, 0.6) is 5.75 Å². The smallest absolute Gasteiger partial charge is 0.206 e. The summed E-state index contributed by atoms with van der Waals surface area (Å²) in [6.45, 7) is 2.20. The van der Waals surface area contributed by atoms with Crippen molar-refractivity contribution in [1.29, 1.82) is 0 Å². The fourth-order valence-corrected chi connectivity index (χ4v) is 4.45. The van der Waals surface area contributed by atoms with Crippen LogP contribution >= 0.6 is 0 Å². The van der Waals surface area contributed by atoms with E-state index < -0.39 is 9.84 Å². The second kappa shape index (κ2) is 5.76. The molecule has 3 rings (SSSR count). The molecule has 3 nitrogen and oxygen atoms in total. The van der Waals surface area contributed by atoms with Crippen LogP contribution in [0.2, 0.25) is 0 Å². The van der Waals surface area contributed by atoms with Crippen molar-refractivity contribution in [3.63, 3.8) is 0 Å². The Morgan fingerprint density at radius 2 is 1.86 bits per heavy atom. The first-order chi connectivity index (χ1) is 10.5. The second-order valence-corrected chi connectivity index (χ2v) is 7.79. The van der Waals surface area contributed by atoms with Crippen molar-refractivity contribution in [2.24, 2.45) is 0 Å². The predicted octanol–water partition coefficient (Wildman–Crippen LogP) is 3.97. The Labute approximate surface area is 131 Å². The predicted molar refractivity (Wildman–Crippen MR) is 86.2 cm³/mol. The number of hydrogen-bond donors (Lipinski definition) is 0. The van der Waals surface area contributed by atoms with Gasteiger partial charge < -0.3 is 4.74 Å². The monoisotopic (exact) mass is 316 g/mol. The zero-order valence-electron chi connectivity index (χ0n) is 12.9. The van der Waals surface area contributed by atoms with Gasteiger partial charge in [0.05, 0.1) is 16.9 Å². The van der Waals surface area contributed by atoms with Gasteiger partial charge in [0.1, 0.15) is 5.75 Å². The van der Waals surface area contributed by atoms with Gasteiger partial charge in [0.2, 0.25) is 9.84 Å². The van der Waals surface area contributed by atoms with E-state index in [2.05, 4.69) is 6.92 Å². The third-order valence-electron chi connectivity index (χ3n) is 4.39. The van der Waals surface area contributed by atoms with Crippen LogP contribution in [0.25, 0.3) is 0 Å². The van der Waals surface area contributed by atoms with E-state index in [1.165, 1.54) is 24.7 Å². The molecule has 0 radical (unpaired) electrons. The number of rotatable bonds is 3. The average molecular weight is 316 g/mol. The maximum atomic E-state index is 12.8. The molecule has 0 amide bonds. The summed E-state index contributed by atoms with van der Waals surface area (Å²) in [7, 11) is -1.97. The Morgan fingerprint density at radius 3 is 2.64 bits per heavy atom. The molecule has 1 aliphatic rings. The van der Waals surface area contributed by atoms with Crippen LogP contribution in [-0.4, -0.2) is 15.5 Å². The molecular formula is C18H20O3S. The number of sulfone groups is 1. The van der Waals surface area contributed by atoms with Gasteiger partial charge in [0.15, 0.2) is 0 Å². The summed E-state index contributed by atoms with van der Waals surface area (Å²) in [5, 5.41) is 0. The number of ether oxygens (including phenoxy) is 1. The van der Waals surface area contributed by atoms with Crippen molar-refractivity contribution in [3.05, 3.63) is 53.6 Å². The molecule has 0 heterocycles. The molecule has 0 spiro atoms. The zero-order valence-corrected chi connectivity index (χ0v) is 13.7. The molecule has 0 N–H and O–H groups in total. The van der Waals surface area contributed by atoms with Crippen molar-refractivity contribution in [3.8, 4) is 5.75 Å². The molecule has 0 bridgehead atoms. The number of benzene rings is 2. The summed E-state index contributed by atoms with van der Waals surface area (Å²) >= 11 is 0. The van der Waals surface area contributed by atoms with E-state index in [1.54, 1.807) is 30.3 Å². The molecule has 1 aliphatic carbocycles. The zero-order chi connectivity index (χ0) is 15.7. The highest BCUT2D eigenvalue weighted by molar-refractivity contribution is 7.91. The number of aryl methyl sites for hydroxylation is 1. The number of methoxy groups -OCH3 is 1. The molecule has 116 valence electrons. The maximum absolute atomic E-state index is 12.8. The van der Waals surface area contributed by atoms with Crippen LogP contribution in [0.15, 0.2) is 52.3 Å². The molecule has 0 aliphatic heterocycles. The normalized spacial score (nSPS) is 17.8. The minimum absolute atomic E-state index is 0.274. The van der Waals surface area contributed by atoms with Gasteiger partial charge in [-0.2, -0.15) is 0 Å². The molecule has 2 aromatic carbocycles. The SMILES string of the molecule is COc1cccc(S(=O)(=O)c2ccc3c(c2)CCCC3C)c1. The van der Waals surface area contributed by atoms with Gasteiger partial charge in [0.25, 0.3) is 0 Å². The van der Waals surface area contributed by atoms with Crippen LogP contribution in [0.4, 0.5) is 0 Å². The van der Waals surface area contributed by atoms with Crippen LogP contribution in [0.3, 0.4) is 0 Å². The molecule has 0 fully saturated rings. The highest BCUT2D eigenvalue weighted by atomic mass is 32.2. The van der Waals surface area contributed by atoms with Gasteiger partial charge in [-0.15, -0.1) is 0 Å². The molecule has 1 unspecified atom stereocenters. The van der Waals surface area contributed by atoms with Gasteiger partial charge >= 0.3 is 0 Å². The highest BCUT2D eigenvalue weighted by Crippen LogP contribution is 2.34. The van der Waals surface area contributed by atoms with E-state index in [-0.39, 0.29) is 4.90 Å². The Morgan fingerprint density at radius 1 is 1.09 bits per heavy atom. The van der Waals surface area contributed by atoms with Crippen LogP contribution < -0.4 is 4.74 Å². The first kappa shape index (κ1) is 15.1. The van der Waals surface area contributed by atoms with E-state index >= 15 is 0 Å². The Balaban J connectivity index is 2.06. The van der Waals surface area contributed by atoms with Crippen molar-refractivity contribution < 1.29 is 13.2 Å². The van der Waals surface area contributed by atoms with Crippen LogP contribution in [0, 0.1) is 0 Å². The molecule has 0 aromatic heterocycles. The molecular weight excluding hydrogens is 296 g/mol. The van der Waals surface area contributed by atoms with Gasteiger partial charge in [-0.3, -0.25) is 0 Å². The molecule has 1 atom stereocenters. The lowest BCUT2D eigenvalue weighted by Crippen LogP contribution is -2.09. The molecule has 0 saturated carbocycles. The van der Waals surface area contributed by atoms with Crippen molar-refractivity contribution >= 4 is 9.84 Å². The van der Waals surface area contributed by atoms with Crippen molar-refractivity contribution in [2.75, 3.05) is 7.11 Å². The number of hydrogen-bond acceptors (Lipinski definition) is 3. The van der Waals surface area contributed by atoms with Gasteiger partial charge in [-0.25, -0.2) is 8.42 Å². The first-order valence-electron chi connectivity index (χ1n) is 7.54. The van der Waals surface area contributed by atoms with E-state index in [9.17, 15) is 8.42 Å². The maximum Gasteiger partial charge on any atom is 0.206 e. The Bertz CT molecular complexity index is 794. The summed E-state index contributed by atoms with van der Waals surface area (Å²) in [6.07, 6.45) is 3.26. The third kappa shape index (κ3) is 2.63. The summed E-state index contributed by atoms with van der Waals surface area (Å²) in [5.41, 5.74) is 2.46. The fraction of sp³-hybridized carbons (Fsp3) is 0.333. The Hall–Kier alpha value is -1.81. The third-order valence-corrected chi connectivity index (χ3v) is 6.14. The van der Waals surface area contributed by atoms with Gasteiger partial charge in [-0.05, 0) is 66.6 Å². The standard InChI is InChI=1S/C18H20O3S/c1-13-5-3-6-14-11-17(9-10-18(13)14)22(19,20)16-8-4-7-15(12-16)21-2/h4,7-13H,3,5-6H2,1-2H3. The lowest BCUT2D eigenvalue weighted by molar-refractivity contribution is 0.413. The van der Waals surface area contributed by atoms with Crippen LogP contribution in [-0.2, 0) is 16.3 Å². The molecule has 0 saturated heterocycles. The molecule has 4 heteroatoms. The largest absolute Gasteiger partial charge is 0.497 e. The average Bonchev–Trinajstić information content (AvgIpc) is 2.55. The first-order valence-corrected chi connectivity index (χ1v) is 9.02. The van der Waals surface area contributed by atoms with Gasteiger partial charge in [-0.1, -0.05) is 19.1 Å². The number of fused-ring (bicyclic) bond motifs is 1. The van der Waals surface area contributed by atoms with Gasteiger partial charge in [0, 0.05) is 0 Å². The van der Waals surface area contributed by atoms with Crippen molar-refractivity contribution in [2.45, 2.75) is 41.9 Å². The lowest BCUT2D eigenvalue weighted by atomic mass is 9.84. The lowest BCUT2D eigenvalue weighted by Gasteiger charge is -2.22. The summed E-state index contributed by atoms with van der Waals surface area (Å²) in [5.74, 6) is 1.06.